The van der Waals surface area contributed by atoms with E-state index in [-0.39, 0.29) is 16.7 Å². The number of rotatable bonds is 2. The maximum absolute atomic E-state index is 13.6. The summed E-state index contributed by atoms with van der Waals surface area (Å²) in [4.78, 5) is 4.24. The summed E-state index contributed by atoms with van der Waals surface area (Å²) >= 11 is 1.33. The van der Waals surface area contributed by atoms with Gasteiger partial charge in [-0.05, 0) is 12.1 Å². The van der Waals surface area contributed by atoms with Gasteiger partial charge in [-0.3, -0.25) is 0 Å². The zero-order valence-corrected chi connectivity index (χ0v) is 12.1. The molecule has 1 aromatic carbocycles. The molecule has 2 aromatic rings. The largest absolute Gasteiger partial charge is 0.382 e. The van der Waals surface area contributed by atoms with Crippen LogP contribution in [0.1, 0.15) is 43.1 Å². The van der Waals surface area contributed by atoms with Crippen molar-refractivity contribution >= 4 is 11.3 Å². The van der Waals surface area contributed by atoms with Crippen molar-refractivity contribution in [3.8, 4) is 0 Å². The van der Waals surface area contributed by atoms with Gasteiger partial charge in [0.05, 0.1) is 10.7 Å². The fourth-order valence-electron chi connectivity index (χ4n) is 1.67. The molecule has 2 rings (SSSR count). The van der Waals surface area contributed by atoms with Gasteiger partial charge in [-0.15, -0.1) is 11.3 Å². The van der Waals surface area contributed by atoms with Crippen LogP contribution in [0.3, 0.4) is 0 Å². The van der Waals surface area contributed by atoms with E-state index >= 15 is 0 Å². The number of aliphatic hydroxyl groups is 1. The molecule has 0 saturated carbocycles. The van der Waals surface area contributed by atoms with Gasteiger partial charge in [-0.25, -0.2) is 18.2 Å². The highest BCUT2D eigenvalue weighted by atomic mass is 32.1. The molecule has 20 heavy (non-hydrogen) atoms. The van der Waals surface area contributed by atoms with E-state index in [9.17, 15) is 18.3 Å². The Kier molecular flexibility index (Phi) is 3.88. The summed E-state index contributed by atoms with van der Waals surface area (Å²) in [5, 5.41) is 12.4. The Morgan fingerprint density at radius 3 is 2.35 bits per heavy atom. The van der Waals surface area contributed by atoms with Crippen LogP contribution < -0.4 is 0 Å². The number of nitrogens with zero attached hydrogens (tertiary/aromatic N) is 1. The van der Waals surface area contributed by atoms with E-state index in [2.05, 4.69) is 4.98 Å². The molecule has 1 heterocycles. The summed E-state index contributed by atoms with van der Waals surface area (Å²) in [6, 6.07) is 1.81. The Labute approximate surface area is 118 Å². The normalized spacial score (nSPS) is 13.6. The van der Waals surface area contributed by atoms with Crippen LogP contribution in [-0.2, 0) is 5.41 Å². The zero-order chi connectivity index (χ0) is 15.1. The van der Waals surface area contributed by atoms with Gasteiger partial charge in [-0.1, -0.05) is 20.8 Å². The highest BCUT2D eigenvalue weighted by Gasteiger charge is 2.24. The molecular weight excluding hydrogens is 287 g/mol. The van der Waals surface area contributed by atoms with Gasteiger partial charge in [0.15, 0.2) is 17.5 Å². The third kappa shape index (κ3) is 2.71. The first-order valence-corrected chi connectivity index (χ1v) is 6.87. The Morgan fingerprint density at radius 2 is 1.80 bits per heavy atom. The summed E-state index contributed by atoms with van der Waals surface area (Å²) in [5.74, 6) is -4.26. The second-order valence-corrected chi connectivity index (χ2v) is 6.35. The minimum atomic E-state index is -1.59. The molecule has 1 atom stereocenters. The van der Waals surface area contributed by atoms with Crippen LogP contribution >= 0.6 is 11.3 Å². The zero-order valence-electron chi connectivity index (χ0n) is 11.2. The van der Waals surface area contributed by atoms with Gasteiger partial charge in [0.25, 0.3) is 0 Å². The van der Waals surface area contributed by atoms with Gasteiger partial charge >= 0.3 is 0 Å². The molecule has 0 aliphatic heterocycles. The minimum absolute atomic E-state index is 0.199. The standard InChI is InChI=1S/C14H14F3NOS/c1-14(2,3)13-18-9(6-20-13)12(19)7-4-5-8(15)11(17)10(7)16/h4-6,12,19H,1-3H3. The van der Waals surface area contributed by atoms with Crippen molar-refractivity contribution in [2.45, 2.75) is 32.3 Å². The van der Waals surface area contributed by atoms with Crippen LogP contribution in [0.5, 0.6) is 0 Å². The van der Waals surface area contributed by atoms with Crippen LogP contribution in [0.25, 0.3) is 0 Å². The van der Waals surface area contributed by atoms with E-state index in [0.29, 0.717) is 0 Å². The number of aromatic nitrogens is 1. The molecule has 0 spiro atoms. The van der Waals surface area contributed by atoms with E-state index in [4.69, 9.17) is 0 Å². The number of hydrogen-bond donors (Lipinski definition) is 1. The van der Waals surface area contributed by atoms with Crippen molar-refractivity contribution in [2.75, 3.05) is 0 Å². The maximum Gasteiger partial charge on any atom is 0.194 e. The third-order valence-corrected chi connectivity index (χ3v) is 4.09. The molecule has 0 aliphatic carbocycles. The fourth-order valence-corrected chi connectivity index (χ4v) is 2.59. The molecule has 0 radical (unpaired) electrons. The van der Waals surface area contributed by atoms with Crippen molar-refractivity contribution < 1.29 is 18.3 Å². The van der Waals surface area contributed by atoms with Crippen molar-refractivity contribution in [2.24, 2.45) is 0 Å². The van der Waals surface area contributed by atoms with Crippen LogP contribution in [-0.4, -0.2) is 10.1 Å². The molecular formula is C14H14F3NOS. The smallest absolute Gasteiger partial charge is 0.194 e. The van der Waals surface area contributed by atoms with Crippen molar-refractivity contribution in [3.63, 3.8) is 0 Å². The van der Waals surface area contributed by atoms with Crippen molar-refractivity contribution in [3.05, 3.63) is 51.2 Å². The molecule has 2 nitrogen and oxygen atoms in total. The number of halogens is 3. The molecule has 6 heteroatoms. The molecule has 0 bridgehead atoms. The average molecular weight is 301 g/mol. The Hall–Kier alpha value is -1.40. The quantitative estimate of drug-likeness (QED) is 0.852. The van der Waals surface area contributed by atoms with Crippen LogP contribution in [0, 0.1) is 17.5 Å². The second kappa shape index (κ2) is 5.18. The second-order valence-electron chi connectivity index (χ2n) is 5.49. The van der Waals surface area contributed by atoms with Gasteiger partial charge < -0.3 is 5.11 Å². The van der Waals surface area contributed by atoms with E-state index in [1.807, 2.05) is 20.8 Å². The Bertz CT molecular complexity index is 634. The van der Waals surface area contributed by atoms with Gasteiger partial charge in [-0.2, -0.15) is 0 Å². The first-order chi connectivity index (χ1) is 9.21. The average Bonchev–Trinajstić information content (AvgIpc) is 2.85. The number of hydrogen-bond acceptors (Lipinski definition) is 3. The van der Waals surface area contributed by atoms with Crippen LogP contribution in [0.4, 0.5) is 13.2 Å². The molecule has 0 aliphatic rings. The fraction of sp³-hybridized carbons (Fsp3) is 0.357. The summed E-state index contributed by atoms with van der Waals surface area (Å²) in [7, 11) is 0. The van der Waals surface area contributed by atoms with E-state index in [1.54, 1.807) is 5.38 Å². The maximum atomic E-state index is 13.6. The van der Waals surface area contributed by atoms with E-state index < -0.39 is 23.6 Å². The molecule has 1 unspecified atom stereocenters. The monoisotopic (exact) mass is 301 g/mol. The van der Waals surface area contributed by atoms with E-state index in [1.165, 1.54) is 11.3 Å². The SMILES string of the molecule is CC(C)(C)c1nc(C(O)c2ccc(F)c(F)c2F)cs1. The summed E-state index contributed by atoms with van der Waals surface area (Å²) in [5.41, 5.74) is -0.297. The number of aliphatic hydroxyl groups excluding tert-OH is 1. The van der Waals surface area contributed by atoms with Gasteiger partial charge in [0, 0.05) is 16.4 Å². The highest BCUT2D eigenvalue weighted by Crippen LogP contribution is 2.31. The molecule has 1 aromatic heterocycles. The van der Waals surface area contributed by atoms with Crippen LogP contribution in [0.15, 0.2) is 17.5 Å². The first-order valence-electron chi connectivity index (χ1n) is 5.99. The summed E-state index contributed by atoms with van der Waals surface area (Å²) in [6.45, 7) is 5.88. The number of thiazole rings is 1. The van der Waals surface area contributed by atoms with Crippen LogP contribution in [0.2, 0.25) is 0 Å². The molecule has 0 saturated heterocycles. The Balaban J connectivity index is 2.39. The van der Waals surface area contributed by atoms with Gasteiger partial charge in [0.2, 0.25) is 0 Å². The third-order valence-electron chi connectivity index (χ3n) is 2.80. The molecule has 0 amide bonds. The lowest BCUT2D eigenvalue weighted by atomic mass is 9.98. The lowest BCUT2D eigenvalue weighted by Crippen LogP contribution is -2.12. The topological polar surface area (TPSA) is 33.1 Å². The number of benzene rings is 1. The van der Waals surface area contributed by atoms with Gasteiger partial charge in [0.1, 0.15) is 6.10 Å². The Morgan fingerprint density at radius 1 is 1.15 bits per heavy atom. The van der Waals surface area contributed by atoms with E-state index in [0.717, 1.165) is 17.1 Å². The molecule has 0 fully saturated rings. The predicted molar refractivity (Wildman–Crippen MR) is 71.2 cm³/mol. The first kappa shape index (κ1) is 15.0. The lowest BCUT2D eigenvalue weighted by Gasteiger charge is -2.14. The van der Waals surface area contributed by atoms with Crippen molar-refractivity contribution in [1.29, 1.82) is 0 Å². The summed E-state index contributed by atoms with van der Waals surface area (Å²) in [6.07, 6.45) is -1.42. The van der Waals surface area contributed by atoms with Crippen molar-refractivity contribution in [1.82, 2.24) is 4.98 Å². The predicted octanol–water partition coefficient (Wildman–Crippen LogP) is 3.94. The summed E-state index contributed by atoms with van der Waals surface area (Å²) < 4.78 is 39.7. The highest BCUT2D eigenvalue weighted by molar-refractivity contribution is 7.09. The lowest BCUT2D eigenvalue weighted by molar-refractivity contribution is 0.208. The minimum Gasteiger partial charge on any atom is -0.382 e. The molecule has 108 valence electrons. The molecule has 1 N–H and O–H groups in total.